The quantitative estimate of drug-likeness (QED) is 0.510. The zero-order valence-electron chi connectivity index (χ0n) is 9.11. The first kappa shape index (κ1) is 11.9. The van der Waals surface area contributed by atoms with Gasteiger partial charge in [0.05, 0.1) is 11.6 Å². The number of hydrogen-bond donors (Lipinski definition) is 0. The Morgan fingerprint density at radius 1 is 1.00 bits per heavy atom. The first-order chi connectivity index (χ1) is 9.08. The van der Waals surface area contributed by atoms with Gasteiger partial charge < -0.3 is 0 Å². The number of rotatable bonds is 1. The molecule has 0 atom stereocenters. The normalized spacial score (nSPS) is 11.2. The maximum Gasteiger partial charge on any atom is 0.167 e. The van der Waals surface area contributed by atoms with Gasteiger partial charge in [0.1, 0.15) is 17.2 Å². The molecule has 0 bridgehead atoms. The van der Waals surface area contributed by atoms with Gasteiger partial charge in [-0.15, -0.1) is 0 Å². The van der Waals surface area contributed by atoms with E-state index >= 15 is 0 Å². The summed E-state index contributed by atoms with van der Waals surface area (Å²) in [6.07, 6.45) is 2.49. The lowest BCUT2D eigenvalue weighted by atomic mass is 10.3. The van der Waals surface area contributed by atoms with Crippen molar-refractivity contribution in [3.8, 4) is 5.69 Å². The molecule has 0 spiro atoms. The third kappa shape index (κ3) is 1.82. The highest BCUT2D eigenvalue weighted by atomic mass is 35.5. The fraction of sp³-hybridized carbons (Fsp3) is 0. The lowest BCUT2D eigenvalue weighted by molar-refractivity contribution is 0.492. The van der Waals surface area contributed by atoms with E-state index in [4.69, 9.17) is 11.6 Å². The molecular weight excluding hydrogens is 281 g/mol. The van der Waals surface area contributed by atoms with Crippen LogP contribution >= 0.6 is 11.6 Å². The second-order valence-corrected chi connectivity index (χ2v) is 4.03. The molecule has 0 aliphatic rings. The first-order valence-electron chi connectivity index (χ1n) is 5.07. The van der Waals surface area contributed by atoms with Crippen molar-refractivity contribution in [2.45, 2.75) is 0 Å². The molecule has 0 unspecified atom stereocenters. The minimum Gasteiger partial charge on any atom is -0.224 e. The van der Waals surface area contributed by atoms with Crippen molar-refractivity contribution in [1.82, 2.24) is 19.7 Å². The average molecular weight is 285 g/mol. The first-order valence-corrected chi connectivity index (χ1v) is 5.45. The highest BCUT2D eigenvalue weighted by Crippen LogP contribution is 2.24. The number of hydrogen-bond acceptors (Lipinski definition) is 3. The molecule has 3 aromatic rings. The van der Waals surface area contributed by atoms with E-state index in [2.05, 4.69) is 15.1 Å². The maximum atomic E-state index is 13.7. The Labute approximate surface area is 109 Å². The van der Waals surface area contributed by atoms with Gasteiger partial charge in [-0.3, -0.25) is 0 Å². The van der Waals surface area contributed by atoms with Crippen LogP contribution in [0.2, 0.25) is 5.15 Å². The molecule has 0 saturated heterocycles. The zero-order chi connectivity index (χ0) is 13.6. The zero-order valence-corrected chi connectivity index (χ0v) is 9.87. The highest BCUT2D eigenvalue weighted by molar-refractivity contribution is 6.33. The lowest BCUT2D eigenvalue weighted by Gasteiger charge is -2.05. The summed E-state index contributed by atoms with van der Waals surface area (Å²) in [7, 11) is 0. The fourth-order valence-electron chi connectivity index (χ4n) is 1.67. The summed E-state index contributed by atoms with van der Waals surface area (Å²) in [4.78, 5) is 7.64. The minimum atomic E-state index is -1.27. The maximum absolute atomic E-state index is 13.7. The largest absolute Gasteiger partial charge is 0.224 e. The van der Waals surface area contributed by atoms with Crippen LogP contribution in [0, 0.1) is 17.5 Å². The smallest absolute Gasteiger partial charge is 0.167 e. The third-order valence-electron chi connectivity index (χ3n) is 2.54. The van der Waals surface area contributed by atoms with Gasteiger partial charge >= 0.3 is 0 Å². The number of aromatic nitrogens is 4. The summed E-state index contributed by atoms with van der Waals surface area (Å²) in [5, 5.41) is 4.38. The second-order valence-electron chi connectivity index (χ2n) is 3.68. The molecule has 2 aromatic heterocycles. The van der Waals surface area contributed by atoms with Crippen molar-refractivity contribution >= 4 is 22.6 Å². The molecular formula is C11H4ClF3N4. The van der Waals surface area contributed by atoms with Gasteiger partial charge in [0.2, 0.25) is 0 Å². The Morgan fingerprint density at radius 2 is 1.74 bits per heavy atom. The summed E-state index contributed by atoms with van der Waals surface area (Å²) < 4.78 is 40.8. The Balaban J connectivity index is 2.31. The monoisotopic (exact) mass is 284 g/mol. The van der Waals surface area contributed by atoms with Crippen LogP contribution in [0.25, 0.3) is 16.7 Å². The van der Waals surface area contributed by atoms with Crippen LogP contribution in [0.15, 0.2) is 24.7 Å². The van der Waals surface area contributed by atoms with Crippen molar-refractivity contribution in [3.63, 3.8) is 0 Å². The minimum absolute atomic E-state index is 0.138. The molecule has 0 saturated carbocycles. The molecule has 0 radical (unpaired) electrons. The predicted molar refractivity (Wildman–Crippen MR) is 61.5 cm³/mol. The van der Waals surface area contributed by atoms with E-state index in [0.717, 1.165) is 4.68 Å². The van der Waals surface area contributed by atoms with Gasteiger partial charge in [0.25, 0.3) is 0 Å². The van der Waals surface area contributed by atoms with Gasteiger partial charge in [0.15, 0.2) is 23.1 Å². The van der Waals surface area contributed by atoms with Gasteiger partial charge in [-0.1, -0.05) is 11.6 Å². The second kappa shape index (κ2) is 4.20. The van der Waals surface area contributed by atoms with Crippen molar-refractivity contribution < 1.29 is 13.2 Å². The average Bonchev–Trinajstić information content (AvgIpc) is 2.79. The molecule has 19 heavy (non-hydrogen) atoms. The van der Waals surface area contributed by atoms with E-state index < -0.39 is 17.5 Å². The molecule has 0 amide bonds. The Hall–Kier alpha value is -2.15. The molecule has 0 fully saturated rings. The molecule has 0 aliphatic heterocycles. The van der Waals surface area contributed by atoms with E-state index in [1.165, 1.54) is 12.5 Å². The molecule has 2 heterocycles. The molecule has 1 aromatic carbocycles. The Morgan fingerprint density at radius 3 is 2.53 bits per heavy atom. The van der Waals surface area contributed by atoms with Crippen LogP contribution in [0.1, 0.15) is 0 Å². The van der Waals surface area contributed by atoms with Crippen molar-refractivity contribution in [2.24, 2.45) is 0 Å². The number of fused-ring (bicyclic) bond motifs is 1. The Bertz CT molecular complexity index is 787. The topological polar surface area (TPSA) is 43.6 Å². The summed E-state index contributed by atoms with van der Waals surface area (Å²) in [6, 6.07) is 1.15. The standard InChI is InChI=1S/C11H4ClF3N4/c12-10-5-3-18-19(11(5)17-4-16-10)9-2-7(14)6(13)1-8(9)15/h1-4H. The predicted octanol–water partition coefficient (Wildman–Crippen LogP) is 2.89. The molecule has 96 valence electrons. The summed E-state index contributed by atoms with van der Waals surface area (Å²) >= 11 is 5.82. The number of benzene rings is 1. The van der Waals surface area contributed by atoms with Gasteiger partial charge in [-0.25, -0.2) is 27.8 Å². The van der Waals surface area contributed by atoms with Crippen molar-refractivity contribution in [3.05, 3.63) is 47.3 Å². The van der Waals surface area contributed by atoms with Crippen molar-refractivity contribution in [2.75, 3.05) is 0 Å². The SMILES string of the molecule is Fc1cc(F)c(-n2ncc3c(Cl)ncnc32)cc1F. The number of halogens is 4. The van der Waals surface area contributed by atoms with E-state index in [0.29, 0.717) is 17.5 Å². The van der Waals surface area contributed by atoms with E-state index in [1.54, 1.807) is 0 Å². The van der Waals surface area contributed by atoms with E-state index in [9.17, 15) is 13.2 Å². The molecule has 0 N–H and O–H groups in total. The highest BCUT2D eigenvalue weighted by Gasteiger charge is 2.16. The van der Waals surface area contributed by atoms with Crippen LogP contribution < -0.4 is 0 Å². The Kier molecular flexibility index (Phi) is 2.63. The van der Waals surface area contributed by atoms with Crippen molar-refractivity contribution in [1.29, 1.82) is 0 Å². The summed E-state index contributed by atoms with van der Waals surface area (Å²) in [6.45, 7) is 0. The van der Waals surface area contributed by atoms with Crippen LogP contribution in [0.4, 0.5) is 13.2 Å². The summed E-state index contributed by atoms with van der Waals surface area (Å²) in [5.41, 5.74) is -0.0615. The van der Waals surface area contributed by atoms with Gasteiger partial charge in [-0.05, 0) is 0 Å². The third-order valence-corrected chi connectivity index (χ3v) is 2.84. The van der Waals surface area contributed by atoms with Crippen LogP contribution in [0.3, 0.4) is 0 Å². The molecule has 3 rings (SSSR count). The van der Waals surface area contributed by atoms with Crippen LogP contribution in [-0.2, 0) is 0 Å². The lowest BCUT2D eigenvalue weighted by Crippen LogP contribution is -2.03. The van der Waals surface area contributed by atoms with Gasteiger partial charge in [-0.2, -0.15) is 5.10 Å². The molecule has 0 aliphatic carbocycles. The summed E-state index contributed by atoms with van der Waals surface area (Å²) in [5.74, 6) is -3.41. The molecule has 4 nitrogen and oxygen atoms in total. The van der Waals surface area contributed by atoms with Crippen LogP contribution in [0.5, 0.6) is 0 Å². The number of nitrogens with zero attached hydrogens (tertiary/aromatic N) is 4. The molecule has 8 heteroatoms. The van der Waals surface area contributed by atoms with Crippen LogP contribution in [-0.4, -0.2) is 19.7 Å². The fourth-order valence-corrected chi connectivity index (χ4v) is 1.84. The van der Waals surface area contributed by atoms with Gasteiger partial charge in [0, 0.05) is 12.1 Å². The van der Waals surface area contributed by atoms with E-state index in [-0.39, 0.29) is 16.5 Å². The van der Waals surface area contributed by atoms with E-state index in [1.807, 2.05) is 0 Å².